The van der Waals surface area contributed by atoms with Crippen molar-refractivity contribution in [2.75, 3.05) is 6.54 Å². The van der Waals surface area contributed by atoms with Gasteiger partial charge in [0.15, 0.2) is 0 Å². The highest BCUT2D eigenvalue weighted by molar-refractivity contribution is 5.83. The molecule has 13 heavy (non-hydrogen) atoms. The topological polar surface area (TPSA) is 57.6 Å². The fourth-order valence-electron chi connectivity index (χ4n) is 0.786. The van der Waals surface area contributed by atoms with Crippen molar-refractivity contribution < 1.29 is 23.5 Å². The Hall–Kier alpha value is -1.20. The van der Waals surface area contributed by atoms with Crippen LogP contribution in [0.5, 0.6) is 0 Å². The zero-order valence-corrected chi connectivity index (χ0v) is 7.33. The molecule has 1 amide bonds. The Morgan fingerprint density at radius 2 is 1.85 bits per heavy atom. The fourth-order valence-corrected chi connectivity index (χ4v) is 0.786. The van der Waals surface area contributed by atoms with Crippen molar-refractivity contribution in [1.82, 2.24) is 4.90 Å². The van der Waals surface area contributed by atoms with Crippen LogP contribution in [0.15, 0.2) is 0 Å². The number of carboxylic acid groups (broad SMARTS) is 1. The highest BCUT2D eigenvalue weighted by Crippen LogP contribution is 2.05. The van der Waals surface area contributed by atoms with Crippen LogP contribution in [0, 0.1) is 0 Å². The van der Waals surface area contributed by atoms with Gasteiger partial charge in [0.2, 0.25) is 0 Å². The van der Waals surface area contributed by atoms with Gasteiger partial charge in [-0.15, -0.1) is 0 Å². The van der Waals surface area contributed by atoms with E-state index in [1.165, 1.54) is 13.8 Å². The van der Waals surface area contributed by atoms with E-state index in [-0.39, 0.29) is 0 Å². The van der Waals surface area contributed by atoms with Gasteiger partial charge in [-0.2, -0.15) is 8.78 Å². The summed E-state index contributed by atoms with van der Waals surface area (Å²) < 4.78 is 23.8. The average molecular weight is 195 g/mol. The number of carbonyl (C=O) groups excluding carboxylic acids is 1. The summed E-state index contributed by atoms with van der Waals surface area (Å²) in [5.74, 6) is -2.75. The summed E-state index contributed by atoms with van der Waals surface area (Å²) in [6.45, 7) is 2.26. The first-order valence-corrected chi connectivity index (χ1v) is 3.66. The number of rotatable bonds is 4. The van der Waals surface area contributed by atoms with Crippen LogP contribution in [0.25, 0.3) is 0 Å². The van der Waals surface area contributed by atoms with E-state index in [0.29, 0.717) is 4.90 Å². The molecule has 0 bridgehead atoms. The molecule has 0 spiro atoms. The van der Waals surface area contributed by atoms with Gasteiger partial charge in [-0.1, -0.05) is 0 Å². The van der Waals surface area contributed by atoms with Crippen LogP contribution in [-0.2, 0) is 9.59 Å². The average Bonchev–Trinajstić information content (AvgIpc) is 1.97. The molecule has 0 fully saturated rings. The van der Waals surface area contributed by atoms with Gasteiger partial charge in [0.25, 0.3) is 5.91 Å². The van der Waals surface area contributed by atoms with E-state index in [1.807, 2.05) is 0 Å². The number of hydrogen-bond donors (Lipinski definition) is 1. The maximum absolute atomic E-state index is 11.9. The molecular weight excluding hydrogens is 184 g/mol. The number of amides is 1. The van der Waals surface area contributed by atoms with Crippen LogP contribution < -0.4 is 0 Å². The zero-order valence-electron chi connectivity index (χ0n) is 7.33. The Balaban J connectivity index is 4.42. The fraction of sp³-hybridized carbons (Fsp3) is 0.714. The Morgan fingerprint density at radius 3 is 2.08 bits per heavy atom. The molecule has 0 aliphatic heterocycles. The summed E-state index contributed by atoms with van der Waals surface area (Å²) in [7, 11) is 0. The molecule has 0 saturated carbocycles. The monoisotopic (exact) mass is 195 g/mol. The molecule has 0 saturated heterocycles. The van der Waals surface area contributed by atoms with E-state index >= 15 is 0 Å². The molecular formula is C7H11F2NO3. The van der Waals surface area contributed by atoms with Crippen molar-refractivity contribution in [3.63, 3.8) is 0 Å². The van der Waals surface area contributed by atoms with Crippen molar-refractivity contribution in [2.24, 2.45) is 0 Å². The molecule has 0 aromatic carbocycles. The van der Waals surface area contributed by atoms with Crippen molar-refractivity contribution in [3.8, 4) is 0 Å². The van der Waals surface area contributed by atoms with E-state index in [9.17, 15) is 18.4 Å². The maximum Gasteiger partial charge on any atom is 0.323 e. The lowest BCUT2D eigenvalue weighted by atomic mass is 10.3. The van der Waals surface area contributed by atoms with Gasteiger partial charge in [-0.25, -0.2) is 0 Å². The Morgan fingerprint density at radius 1 is 1.38 bits per heavy atom. The third kappa shape index (κ3) is 3.82. The molecule has 0 rings (SSSR count). The van der Waals surface area contributed by atoms with Gasteiger partial charge in [0.1, 0.15) is 6.54 Å². The van der Waals surface area contributed by atoms with Gasteiger partial charge in [-0.3, -0.25) is 9.59 Å². The van der Waals surface area contributed by atoms with Crippen LogP contribution in [0.4, 0.5) is 8.78 Å². The standard InChI is InChI=1S/C7H11F2NO3/c1-4(2)10(3-5(11)12)7(13)6(8)9/h4,6H,3H2,1-2H3,(H,11,12). The van der Waals surface area contributed by atoms with Crippen molar-refractivity contribution in [3.05, 3.63) is 0 Å². The quantitative estimate of drug-likeness (QED) is 0.713. The Kier molecular flexibility index (Phi) is 4.30. The second-order valence-corrected chi connectivity index (χ2v) is 2.75. The summed E-state index contributed by atoms with van der Waals surface area (Å²) in [5.41, 5.74) is 0. The first-order chi connectivity index (χ1) is 5.86. The number of alkyl halides is 2. The first-order valence-electron chi connectivity index (χ1n) is 3.66. The van der Waals surface area contributed by atoms with E-state index in [4.69, 9.17) is 5.11 Å². The summed E-state index contributed by atoms with van der Waals surface area (Å²) in [4.78, 5) is 21.6. The summed E-state index contributed by atoms with van der Waals surface area (Å²) >= 11 is 0. The largest absolute Gasteiger partial charge is 0.480 e. The minimum atomic E-state index is -3.15. The second kappa shape index (κ2) is 4.74. The Labute approximate surface area is 74.1 Å². The number of halogens is 2. The van der Waals surface area contributed by atoms with E-state index in [2.05, 4.69) is 0 Å². The third-order valence-electron chi connectivity index (χ3n) is 1.40. The number of carbonyl (C=O) groups is 2. The number of aliphatic carboxylic acids is 1. The van der Waals surface area contributed by atoms with E-state index < -0.39 is 30.9 Å². The third-order valence-corrected chi connectivity index (χ3v) is 1.40. The van der Waals surface area contributed by atoms with Crippen molar-refractivity contribution in [1.29, 1.82) is 0 Å². The van der Waals surface area contributed by atoms with Crippen LogP contribution in [0.2, 0.25) is 0 Å². The van der Waals surface area contributed by atoms with Crippen molar-refractivity contribution in [2.45, 2.75) is 26.3 Å². The number of nitrogens with zero attached hydrogens (tertiary/aromatic N) is 1. The molecule has 0 heterocycles. The lowest BCUT2D eigenvalue weighted by Crippen LogP contribution is -2.43. The minimum absolute atomic E-state index is 0.544. The van der Waals surface area contributed by atoms with Gasteiger partial charge < -0.3 is 10.0 Å². The number of hydrogen-bond acceptors (Lipinski definition) is 2. The first kappa shape index (κ1) is 11.8. The molecule has 0 aliphatic rings. The molecule has 0 unspecified atom stereocenters. The highest BCUT2D eigenvalue weighted by atomic mass is 19.3. The summed E-state index contributed by atoms with van der Waals surface area (Å²) in [5, 5.41) is 8.32. The lowest BCUT2D eigenvalue weighted by molar-refractivity contribution is -0.151. The van der Waals surface area contributed by atoms with Crippen LogP contribution in [-0.4, -0.2) is 40.9 Å². The molecule has 4 nitrogen and oxygen atoms in total. The summed E-state index contributed by atoms with van der Waals surface area (Å²) in [6, 6.07) is -0.544. The molecule has 0 aromatic rings. The van der Waals surface area contributed by atoms with Gasteiger partial charge in [0.05, 0.1) is 0 Å². The molecule has 0 aliphatic carbocycles. The Bertz CT molecular complexity index is 206. The van der Waals surface area contributed by atoms with Crippen LogP contribution in [0.1, 0.15) is 13.8 Å². The van der Waals surface area contributed by atoms with Crippen LogP contribution >= 0.6 is 0 Å². The van der Waals surface area contributed by atoms with Gasteiger partial charge in [-0.05, 0) is 13.8 Å². The minimum Gasteiger partial charge on any atom is -0.480 e. The predicted octanol–water partition coefficient (Wildman–Crippen LogP) is 0.573. The van der Waals surface area contributed by atoms with E-state index in [0.717, 1.165) is 0 Å². The highest BCUT2D eigenvalue weighted by Gasteiger charge is 2.26. The lowest BCUT2D eigenvalue weighted by Gasteiger charge is -2.24. The van der Waals surface area contributed by atoms with Gasteiger partial charge >= 0.3 is 12.4 Å². The normalized spacial score (nSPS) is 10.6. The molecule has 6 heteroatoms. The van der Waals surface area contributed by atoms with Crippen LogP contribution in [0.3, 0.4) is 0 Å². The number of carboxylic acids is 1. The predicted molar refractivity (Wildman–Crippen MR) is 40.5 cm³/mol. The van der Waals surface area contributed by atoms with Crippen molar-refractivity contribution >= 4 is 11.9 Å². The summed E-state index contributed by atoms with van der Waals surface area (Å²) in [6.07, 6.45) is -3.15. The molecule has 1 N–H and O–H groups in total. The molecule has 0 atom stereocenters. The maximum atomic E-state index is 11.9. The zero-order chi connectivity index (χ0) is 10.6. The second-order valence-electron chi connectivity index (χ2n) is 2.75. The van der Waals surface area contributed by atoms with Gasteiger partial charge in [0, 0.05) is 6.04 Å². The SMILES string of the molecule is CC(C)N(CC(=O)O)C(=O)C(F)F. The molecule has 0 aromatic heterocycles. The smallest absolute Gasteiger partial charge is 0.323 e. The molecule has 76 valence electrons. The molecule has 0 radical (unpaired) electrons. The van der Waals surface area contributed by atoms with E-state index in [1.54, 1.807) is 0 Å².